The van der Waals surface area contributed by atoms with E-state index in [0.717, 1.165) is 0 Å². The highest BCUT2D eigenvalue weighted by molar-refractivity contribution is 6.14. The van der Waals surface area contributed by atoms with Crippen molar-refractivity contribution in [2.24, 2.45) is 0 Å². The van der Waals surface area contributed by atoms with Gasteiger partial charge in [0, 0.05) is 16.6 Å². The number of aryl methyl sites for hydroxylation is 1. The maximum atomic E-state index is 13.4. The molecule has 0 radical (unpaired) electrons. The largest absolute Gasteiger partial charge is 0.482 e. The molecule has 1 atom stereocenters. The fourth-order valence-electron chi connectivity index (χ4n) is 4.26. The van der Waals surface area contributed by atoms with Gasteiger partial charge in [0.2, 0.25) is 0 Å². The topological polar surface area (TPSA) is 68.5 Å². The molecule has 166 valence electrons. The number of benzene rings is 3. The van der Waals surface area contributed by atoms with Crippen LogP contribution in [-0.2, 0) is 5.60 Å². The number of carbonyl (C=O) groups excluding carboxylic acids is 2. The van der Waals surface area contributed by atoms with Crippen molar-refractivity contribution in [1.29, 1.82) is 0 Å². The molecule has 1 aromatic heterocycles. The number of amides is 1. The molecule has 5 nitrogen and oxygen atoms in total. The summed E-state index contributed by atoms with van der Waals surface area (Å²) in [5.74, 6) is -1.02. The zero-order valence-corrected chi connectivity index (χ0v) is 17.9. The van der Waals surface area contributed by atoms with E-state index in [4.69, 9.17) is 9.15 Å². The van der Waals surface area contributed by atoms with Gasteiger partial charge in [0.15, 0.2) is 11.5 Å². The number of fused-ring (bicyclic) bond motifs is 3. The van der Waals surface area contributed by atoms with Gasteiger partial charge in [-0.2, -0.15) is 0 Å². The van der Waals surface area contributed by atoms with Crippen LogP contribution >= 0.6 is 0 Å². The van der Waals surface area contributed by atoms with E-state index in [9.17, 15) is 18.4 Å². The predicted octanol–water partition coefficient (Wildman–Crippen LogP) is 6.15. The number of furan rings is 1. The molecule has 0 aliphatic carbocycles. The molecule has 33 heavy (non-hydrogen) atoms. The van der Waals surface area contributed by atoms with Crippen LogP contribution in [0.3, 0.4) is 0 Å². The summed E-state index contributed by atoms with van der Waals surface area (Å²) in [6.45, 7) is 3.49. The third-order valence-corrected chi connectivity index (χ3v) is 5.93. The third kappa shape index (κ3) is 3.55. The van der Waals surface area contributed by atoms with E-state index in [2.05, 4.69) is 5.32 Å². The molecule has 1 N–H and O–H groups in total. The van der Waals surface area contributed by atoms with E-state index in [1.54, 1.807) is 38.1 Å². The average Bonchev–Trinajstić information content (AvgIpc) is 3.12. The second kappa shape index (κ2) is 7.55. The minimum atomic E-state index is -0.952. The number of hydrogen-bond donors (Lipinski definition) is 1. The molecule has 4 aromatic rings. The lowest BCUT2D eigenvalue weighted by Crippen LogP contribution is -2.36. The van der Waals surface area contributed by atoms with Gasteiger partial charge in [-0.25, -0.2) is 8.78 Å². The van der Waals surface area contributed by atoms with Gasteiger partial charge in [-0.1, -0.05) is 12.1 Å². The molecule has 0 unspecified atom stereocenters. The number of halogens is 2. The summed E-state index contributed by atoms with van der Waals surface area (Å²) >= 11 is 0. The van der Waals surface area contributed by atoms with E-state index in [1.165, 1.54) is 36.4 Å². The summed E-state index contributed by atoms with van der Waals surface area (Å²) < 4.78 is 38.5. The van der Waals surface area contributed by atoms with Crippen LogP contribution < -0.4 is 10.1 Å². The Hall–Kier alpha value is -4.00. The second-order valence-corrected chi connectivity index (χ2v) is 8.27. The maximum absolute atomic E-state index is 13.4. The Morgan fingerprint density at radius 3 is 2.27 bits per heavy atom. The molecule has 2 heterocycles. The summed E-state index contributed by atoms with van der Waals surface area (Å²) in [5.41, 5.74) is 1.39. The van der Waals surface area contributed by atoms with Gasteiger partial charge >= 0.3 is 0 Å². The summed E-state index contributed by atoms with van der Waals surface area (Å²) in [4.78, 5) is 26.1. The van der Waals surface area contributed by atoms with Gasteiger partial charge in [-0.05, 0) is 67.9 Å². The van der Waals surface area contributed by atoms with Crippen LogP contribution in [0.5, 0.6) is 5.75 Å². The highest BCUT2D eigenvalue weighted by Gasteiger charge is 2.40. The Balaban J connectivity index is 1.53. The monoisotopic (exact) mass is 447 g/mol. The summed E-state index contributed by atoms with van der Waals surface area (Å²) in [7, 11) is 0. The molecule has 7 heteroatoms. The maximum Gasteiger partial charge on any atom is 0.291 e. The van der Waals surface area contributed by atoms with Crippen molar-refractivity contribution in [3.05, 3.63) is 94.7 Å². The van der Waals surface area contributed by atoms with Crippen LogP contribution in [0.25, 0.3) is 11.0 Å². The highest BCUT2D eigenvalue weighted by atomic mass is 19.1. The number of hydrogen-bond acceptors (Lipinski definition) is 4. The Kier molecular flexibility index (Phi) is 4.78. The molecule has 1 aliphatic rings. The minimum absolute atomic E-state index is 0.0481. The molecule has 1 amide bonds. The SMILES string of the molecule is Cc1c(C(=O)Nc2ccc(F)cc2)oc2ccc3c(c12)C(=O)C[C@](C)(c1ccc(F)cc1)O3. The number of anilines is 1. The fraction of sp³-hybridized carbons (Fsp3) is 0.154. The lowest BCUT2D eigenvalue weighted by atomic mass is 9.84. The van der Waals surface area contributed by atoms with E-state index in [0.29, 0.717) is 39.1 Å². The average molecular weight is 447 g/mol. The molecule has 0 fully saturated rings. The molecule has 0 bridgehead atoms. The molecule has 0 spiro atoms. The first kappa shape index (κ1) is 20.9. The normalized spacial score (nSPS) is 17.5. The van der Waals surface area contributed by atoms with Crippen molar-refractivity contribution in [2.45, 2.75) is 25.9 Å². The second-order valence-electron chi connectivity index (χ2n) is 8.27. The quantitative estimate of drug-likeness (QED) is 0.409. The third-order valence-electron chi connectivity index (χ3n) is 5.93. The summed E-state index contributed by atoms with van der Waals surface area (Å²) in [6, 6.07) is 14.5. The number of rotatable bonds is 3. The smallest absolute Gasteiger partial charge is 0.291 e. The van der Waals surface area contributed by atoms with Gasteiger partial charge in [-0.3, -0.25) is 9.59 Å². The van der Waals surface area contributed by atoms with Crippen LogP contribution in [0.1, 0.15) is 45.4 Å². The summed E-state index contributed by atoms with van der Waals surface area (Å²) in [6.07, 6.45) is 0.0481. The van der Waals surface area contributed by atoms with E-state index < -0.39 is 17.3 Å². The Bertz CT molecular complexity index is 1410. The zero-order chi connectivity index (χ0) is 23.3. The Morgan fingerprint density at radius 1 is 0.970 bits per heavy atom. The van der Waals surface area contributed by atoms with Crippen molar-refractivity contribution < 1.29 is 27.5 Å². The zero-order valence-electron chi connectivity index (χ0n) is 17.9. The first-order valence-electron chi connectivity index (χ1n) is 10.4. The number of carbonyl (C=O) groups is 2. The van der Waals surface area contributed by atoms with Gasteiger partial charge in [0.25, 0.3) is 5.91 Å². The number of Topliss-reactive ketones (excluding diaryl/α,β-unsaturated/α-hetero) is 1. The lowest BCUT2D eigenvalue weighted by Gasteiger charge is -2.35. The van der Waals surface area contributed by atoms with Crippen molar-refractivity contribution >= 4 is 28.3 Å². The molecule has 5 rings (SSSR count). The van der Waals surface area contributed by atoms with Crippen molar-refractivity contribution in [3.8, 4) is 5.75 Å². The van der Waals surface area contributed by atoms with Crippen molar-refractivity contribution in [3.63, 3.8) is 0 Å². The van der Waals surface area contributed by atoms with Crippen LogP contribution in [0.4, 0.5) is 14.5 Å². The standard InChI is InChI=1S/C26H19F2NO4/c1-14-22-20(32-24(14)25(31)29-18-9-7-17(28)8-10-18)11-12-21-23(22)19(30)13-26(2,33-21)15-3-5-16(27)6-4-15/h3-12H,13H2,1-2H3,(H,29,31)/t26-/m1/s1. The van der Waals surface area contributed by atoms with Gasteiger partial charge in [-0.15, -0.1) is 0 Å². The van der Waals surface area contributed by atoms with Gasteiger partial charge in [0.1, 0.15) is 28.6 Å². The first-order valence-corrected chi connectivity index (χ1v) is 10.4. The Labute approximate surface area is 188 Å². The fourth-order valence-corrected chi connectivity index (χ4v) is 4.26. The van der Waals surface area contributed by atoms with E-state index in [-0.39, 0.29) is 23.8 Å². The minimum Gasteiger partial charge on any atom is -0.482 e. The van der Waals surface area contributed by atoms with Crippen LogP contribution in [0, 0.1) is 18.6 Å². The highest BCUT2D eigenvalue weighted by Crippen LogP contribution is 2.44. The van der Waals surface area contributed by atoms with Crippen LogP contribution in [0.15, 0.2) is 65.1 Å². The molecule has 0 saturated heterocycles. The molecule has 3 aromatic carbocycles. The van der Waals surface area contributed by atoms with Crippen LogP contribution in [0.2, 0.25) is 0 Å². The van der Waals surface area contributed by atoms with Crippen molar-refractivity contribution in [1.82, 2.24) is 0 Å². The summed E-state index contributed by atoms with van der Waals surface area (Å²) in [5, 5.41) is 3.19. The number of nitrogens with one attached hydrogen (secondary N) is 1. The van der Waals surface area contributed by atoms with Crippen LogP contribution in [-0.4, -0.2) is 11.7 Å². The molecule has 1 aliphatic heterocycles. The molecule has 0 saturated carbocycles. The number of ether oxygens (including phenoxy) is 1. The van der Waals surface area contributed by atoms with E-state index in [1.807, 2.05) is 0 Å². The Morgan fingerprint density at radius 2 is 1.61 bits per heavy atom. The molecular weight excluding hydrogens is 428 g/mol. The predicted molar refractivity (Wildman–Crippen MR) is 119 cm³/mol. The van der Waals surface area contributed by atoms with Gasteiger partial charge < -0.3 is 14.5 Å². The van der Waals surface area contributed by atoms with E-state index >= 15 is 0 Å². The van der Waals surface area contributed by atoms with Crippen molar-refractivity contribution in [2.75, 3.05) is 5.32 Å². The van der Waals surface area contributed by atoms with Gasteiger partial charge in [0.05, 0.1) is 12.0 Å². The number of ketones is 1. The first-order chi connectivity index (χ1) is 15.7. The molecular formula is C26H19F2NO4. The lowest BCUT2D eigenvalue weighted by molar-refractivity contribution is 0.0507.